The summed E-state index contributed by atoms with van der Waals surface area (Å²) in [6, 6.07) is 12.1. The number of thioether (sulfide) groups is 1. The first kappa shape index (κ1) is 20.4. The highest BCUT2D eigenvalue weighted by Gasteiger charge is 2.20. The maximum absolute atomic E-state index is 12.0. The number of hydrogen-bond donors (Lipinski definition) is 2. The molecule has 0 aliphatic carbocycles. The van der Waals surface area contributed by atoms with Gasteiger partial charge < -0.3 is 5.11 Å². The Bertz CT molecular complexity index is 1040. The van der Waals surface area contributed by atoms with Crippen LogP contribution in [0.3, 0.4) is 0 Å². The normalized spacial score (nSPS) is 11.1. The van der Waals surface area contributed by atoms with Crippen molar-refractivity contribution in [2.24, 2.45) is 12.1 Å². The molecule has 144 valence electrons. The lowest BCUT2D eigenvalue weighted by Gasteiger charge is -2.09. The van der Waals surface area contributed by atoms with Crippen molar-refractivity contribution in [3.63, 3.8) is 0 Å². The summed E-state index contributed by atoms with van der Waals surface area (Å²) in [6.07, 6.45) is 1.32. The van der Waals surface area contributed by atoms with E-state index in [4.69, 9.17) is 11.6 Å². The van der Waals surface area contributed by atoms with Gasteiger partial charge in [-0.25, -0.2) is 9.99 Å². The van der Waals surface area contributed by atoms with Crippen molar-refractivity contribution in [1.82, 2.24) is 15.6 Å². The first-order valence-electron chi connectivity index (χ1n) is 8.05. The van der Waals surface area contributed by atoms with E-state index in [0.717, 1.165) is 15.9 Å². The number of nitrogens with one attached hydrogen (secondary N) is 2. The summed E-state index contributed by atoms with van der Waals surface area (Å²) >= 11 is 10.6. The lowest BCUT2D eigenvalue weighted by atomic mass is 10.2. The van der Waals surface area contributed by atoms with E-state index in [9.17, 15) is 9.90 Å². The second kappa shape index (κ2) is 9.22. The highest BCUT2D eigenvalue weighted by molar-refractivity contribution is 9.10. The fourth-order valence-corrected chi connectivity index (χ4v) is 3.61. The number of halogens is 2. The average molecular weight is 481 g/mol. The van der Waals surface area contributed by atoms with Crippen LogP contribution in [-0.4, -0.2) is 28.1 Å². The second-order valence-electron chi connectivity index (χ2n) is 5.69. The smallest absolute Gasteiger partial charge is 0.337 e. The summed E-state index contributed by atoms with van der Waals surface area (Å²) in [5, 5.41) is 24.0. The Balaban J connectivity index is 1.58. The van der Waals surface area contributed by atoms with Gasteiger partial charge in [0.1, 0.15) is 0 Å². The Hall–Kier alpha value is -2.36. The molecule has 0 aliphatic heterocycles. The zero-order valence-electron chi connectivity index (χ0n) is 14.6. The van der Waals surface area contributed by atoms with Crippen LogP contribution in [0.1, 0.15) is 5.56 Å². The molecule has 0 radical (unpaired) electrons. The van der Waals surface area contributed by atoms with Crippen LogP contribution in [0.25, 0.3) is 11.4 Å². The molecule has 3 rings (SSSR count). The van der Waals surface area contributed by atoms with Crippen LogP contribution < -0.4 is 15.1 Å². The third kappa shape index (κ3) is 5.12. The molecule has 3 aromatic rings. The minimum atomic E-state index is -0.309. The molecule has 0 spiro atoms. The molecule has 0 saturated carbocycles. The van der Waals surface area contributed by atoms with Gasteiger partial charge in [0.05, 0.1) is 29.7 Å². The number of nitrogens with zero attached hydrogens (tertiary/aromatic N) is 3. The fraction of sp³-hybridized carbons (Fsp3) is 0.111. The van der Waals surface area contributed by atoms with Gasteiger partial charge in [-0.15, -0.1) is 5.10 Å². The number of hydrazone groups is 1. The van der Waals surface area contributed by atoms with Gasteiger partial charge in [-0.1, -0.05) is 45.4 Å². The Labute approximate surface area is 178 Å². The van der Waals surface area contributed by atoms with Crippen molar-refractivity contribution in [2.75, 3.05) is 5.75 Å². The van der Waals surface area contributed by atoms with Crippen LogP contribution in [0.15, 0.2) is 57.2 Å². The molecule has 7 nitrogen and oxygen atoms in total. The largest absolute Gasteiger partial charge is 0.872 e. The van der Waals surface area contributed by atoms with E-state index in [2.05, 4.69) is 36.7 Å². The summed E-state index contributed by atoms with van der Waals surface area (Å²) in [7, 11) is 1.85. The maximum Gasteiger partial charge on any atom is 0.337 e. The van der Waals surface area contributed by atoms with Crippen LogP contribution in [0.2, 0.25) is 5.02 Å². The fourth-order valence-electron chi connectivity index (χ4n) is 2.33. The molecular weight excluding hydrogens is 466 g/mol. The zero-order chi connectivity index (χ0) is 20.1. The lowest BCUT2D eigenvalue weighted by Crippen LogP contribution is -2.32. The van der Waals surface area contributed by atoms with Crippen molar-refractivity contribution in [3.05, 3.63) is 57.5 Å². The number of carbonyl (C=O) groups is 1. The molecule has 0 unspecified atom stereocenters. The molecule has 10 heteroatoms. The van der Waals surface area contributed by atoms with Crippen molar-refractivity contribution < 1.29 is 14.5 Å². The molecule has 1 heterocycles. The first-order chi connectivity index (χ1) is 13.4. The predicted octanol–water partition coefficient (Wildman–Crippen LogP) is 2.63. The second-order valence-corrected chi connectivity index (χ2v) is 7.98. The van der Waals surface area contributed by atoms with Crippen LogP contribution in [0.5, 0.6) is 5.75 Å². The number of aromatic amines is 1. The van der Waals surface area contributed by atoms with Gasteiger partial charge in [-0.3, -0.25) is 4.79 Å². The number of rotatable bonds is 6. The third-order valence-corrected chi connectivity index (χ3v) is 5.43. The number of benzene rings is 2. The number of aromatic nitrogens is 3. The van der Waals surface area contributed by atoms with Crippen LogP contribution in [0.4, 0.5) is 0 Å². The highest BCUT2D eigenvalue weighted by Crippen LogP contribution is 2.20. The topological polar surface area (TPSA) is 97.1 Å². The van der Waals surface area contributed by atoms with Crippen molar-refractivity contribution in [1.29, 1.82) is 0 Å². The monoisotopic (exact) mass is 479 g/mol. The summed E-state index contributed by atoms with van der Waals surface area (Å²) in [5.74, 6) is 0.415. The van der Waals surface area contributed by atoms with E-state index in [0.29, 0.717) is 15.7 Å². The standard InChI is InChI=1S/C18H15BrClN5O2S/c1-25-17(11-3-2-4-14(20)8-11)23-24-18(25)28-10-16(27)22-21-9-12-7-13(19)5-6-15(12)26/h2-9H,10H2,1H3,(H2,21,22,26,27). The van der Waals surface area contributed by atoms with Gasteiger partial charge in [0.25, 0.3) is 11.7 Å². The Morgan fingerprint density at radius 1 is 1.43 bits per heavy atom. The quantitative estimate of drug-likeness (QED) is 0.245. The molecule has 0 fully saturated rings. The third-order valence-electron chi connectivity index (χ3n) is 3.67. The molecule has 0 saturated heterocycles. The molecule has 2 N–H and O–H groups in total. The Morgan fingerprint density at radius 2 is 2.25 bits per heavy atom. The average Bonchev–Trinajstić information content (AvgIpc) is 3.03. The summed E-state index contributed by atoms with van der Waals surface area (Å²) in [4.78, 5) is 12.0. The minimum absolute atomic E-state index is 0.119. The molecule has 0 aliphatic rings. The van der Waals surface area contributed by atoms with E-state index in [-0.39, 0.29) is 17.4 Å². The molecule has 0 atom stereocenters. The summed E-state index contributed by atoms with van der Waals surface area (Å²) in [6.45, 7) is 0. The molecule has 1 aromatic heterocycles. The van der Waals surface area contributed by atoms with Gasteiger partial charge >= 0.3 is 5.16 Å². The van der Waals surface area contributed by atoms with Gasteiger partial charge in [0, 0.05) is 9.50 Å². The van der Waals surface area contributed by atoms with Gasteiger partial charge in [-0.2, -0.15) is 5.10 Å². The predicted molar refractivity (Wildman–Crippen MR) is 110 cm³/mol. The van der Waals surface area contributed by atoms with Crippen molar-refractivity contribution in [3.8, 4) is 17.1 Å². The van der Waals surface area contributed by atoms with E-state index in [1.807, 2.05) is 29.8 Å². The Morgan fingerprint density at radius 3 is 3.04 bits per heavy atom. The first-order valence-corrected chi connectivity index (χ1v) is 10.2. The van der Waals surface area contributed by atoms with Gasteiger partial charge in [0.2, 0.25) is 0 Å². The number of hydrogen-bond acceptors (Lipinski definition) is 5. The molecule has 1 amide bonds. The van der Waals surface area contributed by atoms with Crippen LogP contribution >= 0.6 is 39.3 Å². The Kier molecular flexibility index (Phi) is 6.71. The van der Waals surface area contributed by atoms with E-state index in [1.54, 1.807) is 18.2 Å². The maximum atomic E-state index is 12.0. The minimum Gasteiger partial charge on any atom is -0.872 e. The number of carbonyl (C=O) groups excluding carboxylic acids is 1. The van der Waals surface area contributed by atoms with Crippen LogP contribution in [-0.2, 0) is 11.8 Å². The van der Waals surface area contributed by atoms with Gasteiger partial charge in [0.15, 0.2) is 0 Å². The van der Waals surface area contributed by atoms with Crippen molar-refractivity contribution in [2.45, 2.75) is 5.16 Å². The SMILES string of the molecule is C[n+]1c(SCC(=O)N/N=C/c2cc(Br)ccc2[O-])n[nH]c1-c1cccc(Cl)c1. The molecule has 0 bridgehead atoms. The summed E-state index contributed by atoms with van der Waals surface area (Å²) in [5.41, 5.74) is 3.68. The highest BCUT2D eigenvalue weighted by atomic mass is 79.9. The van der Waals surface area contributed by atoms with Crippen LogP contribution in [0, 0.1) is 0 Å². The lowest BCUT2D eigenvalue weighted by molar-refractivity contribution is -0.698. The number of H-pyrrole nitrogens is 1. The zero-order valence-corrected chi connectivity index (χ0v) is 17.8. The number of amides is 1. The van der Waals surface area contributed by atoms with Crippen molar-refractivity contribution >= 4 is 51.4 Å². The summed E-state index contributed by atoms with van der Waals surface area (Å²) < 4.78 is 2.61. The van der Waals surface area contributed by atoms with Gasteiger partial charge in [-0.05, 0) is 47.7 Å². The molecule has 2 aromatic carbocycles. The van der Waals surface area contributed by atoms with E-state index >= 15 is 0 Å². The molecule has 28 heavy (non-hydrogen) atoms. The van der Waals surface area contributed by atoms with E-state index < -0.39 is 0 Å². The van der Waals surface area contributed by atoms with E-state index in [1.165, 1.54) is 24.0 Å². The molecular formula is C18H15BrClN5O2S.